The van der Waals surface area contributed by atoms with Crippen molar-refractivity contribution in [1.82, 2.24) is 14.8 Å². The SMILES string of the molecule is Cc1n[nH]c(=S)n1-c1ccc(C#N)cc1F. The average molecular weight is 234 g/mol. The fraction of sp³-hybridized carbons (Fsp3) is 0.100. The summed E-state index contributed by atoms with van der Waals surface area (Å²) >= 11 is 4.99. The van der Waals surface area contributed by atoms with E-state index in [0.29, 0.717) is 10.6 Å². The first kappa shape index (κ1) is 10.5. The molecule has 0 aliphatic rings. The Morgan fingerprint density at radius 1 is 1.56 bits per heavy atom. The summed E-state index contributed by atoms with van der Waals surface area (Å²) in [7, 11) is 0. The first-order valence-electron chi connectivity index (χ1n) is 4.47. The standard InChI is InChI=1S/C10H7FN4S/c1-6-13-14-10(16)15(6)9-3-2-7(5-12)4-8(9)11/h2-4H,1H3,(H,14,16). The molecule has 1 heterocycles. The number of aromatic nitrogens is 3. The van der Waals surface area contributed by atoms with Crippen LogP contribution in [-0.2, 0) is 0 Å². The van der Waals surface area contributed by atoms with Crippen LogP contribution in [0.1, 0.15) is 11.4 Å². The number of aryl methyl sites for hydroxylation is 1. The molecule has 0 radical (unpaired) electrons. The number of nitriles is 1. The number of nitrogens with one attached hydrogen (secondary N) is 1. The van der Waals surface area contributed by atoms with Crippen LogP contribution in [0.4, 0.5) is 4.39 Å². The van der Waals surface area contributed by atoms with Crippen molar-refractivity contribution in [3.63, 3.8) is 0 Å². The largest absolute Gasteiger partial charge is 0.269 e. The fourth-order valence-electron chi connectivity index (χ4n) is 1.42. The highest BCUT2D eigenvalue weighted by atomic mass is 32.1. The third-order valence-electron chi connectivity index (χ3n) is 2.16. The lowest BCUT2D eigenvalue weighted by Crippen LogP contribution is -2.00. The van der Waals surface area contributed by atoms with Gasteiger partial charge in [-0.3, -0.25) is 9.67 Å². The second kappa shape index (κ2) is 3.87. The highest BCUT2D eigenvalue weighted by Gasteiger charge is 2.09. The number of nitrogens with zero attached hydrogens (tertiary/aromatic N) is 3. The second-order valence-electron chi connectivity index (χ2n) is 3.19. The van der Waals surface area contributed by atoms with E-state index >= 15 is 0 Å². The van der Waals surface area contributed by atoms with Crippen LogP contribution in [0.15, 0.2) is 18.2 Å². The third-order valence-corrected chi connectivity index (χ3v) is 2.43. The maximum absolute atomic E-state index is 13.7. The van der Waals surface area contributed by atoms with Crippen molar-refractivity contribution in [2.75, 3.05) is 0 Å². The van der Waals surface area contributed by atoms with Crippen LogP contribution in [0.25, 0.3) is 5.69 Å². The molecule has 0 aliphatic heterocycles. The normalized spacial score (nSPS) is 10.1. The molecule has 80 valence electrons. The van der Waals surface area contributed by atoms with E-state index in [0.717, 1.165) is 0 Å². The van der Waals surface area contributed by atoms with Gasteiger partial charge in [-0.1, -0.05) is 0 Å². The lowest BCUT2D eigenvalue weighted by Gasteiger charge is -2.05. The van der Waals surface area contributed by atoms with Crippen molar-refractivity contribution in [2.45, 2.75) is 6.92 Å². The number of halogens is 1. The van der Waals surface area contributed by atoms with E-state index in [1.807, 2.05) is 6.07 Å². The molecule has 0 saturated carbocycles. The fourth-order valence-corrected chi connectivity index (χ4v) is 1.69. The van der Waals surface area contributed by atoms with Crippen LogP contribution in [0.3, 0.4) is 0 Å². The predicted octanol–water partition coefficient (Wildman–Crippen LogP) is 2.25. The summed E-state index contributed by atoms with van der Waals surface area (Å²) in [6, 6.07) is 6.08. The van der Waals surface area contributed by atoms with Crippen LogP contribution in [0.5, 0.6) is 0 Å². The smallest absolute Gasteiger partial charge is 0.199 e. The van der Waals surface area contributed by atoms with Crippen molar-refractivity contribution in [3.8, 4) is 11.8 Å². The molecule has 0 bridgehead atoms. The van der Waals surface area contributed by atoms with Gasteiger partial charge in [0.1, 0.15) is 11.6 Å². The maximum Gasteiger partial charge on any atom is 0.199 e. The Bertz CT molecular complexity index is 635. The molecule has 16 heavy (non-hydrogen) atoms. The molecule has 0 saturated heterocycles. The molecule has 2 rings (SSSR count). The summed E-state index contributed by atoms with van der Waals surface area (Å²) in [4.78, 5) is 0. The van der Waals surface area contributed by atoms with Crippen LogP contribution in [0.2, 0.25) is 0 Å². The van der Waals surface area contributed by atoms with E-state index in [4.69, 9.17) is 17.5 Å². The highest BCUT2D eigenvalue weighted by Crippen LogP contribution is 2.16. The van der Waals surface area contributed by atoms with E-state index < -0.39 is 5.82 Å². The molecule has 6 heteroatoms. The quantitative estimate of drug-likeness (QED) is 0.770. The van der Waals surface area contributed by atoms with E-state index in [9.17, 15) is 4.39 Å². The van der Waals surface area contributed by atoms with E-state index in [1.165, 1.54) is 22.8 Å². The molecular formula is C10H7FN4S. The molecule has 0 amide bonds. The molecule has 2 aromatic rings. The first-order chi connectivity index (χ1) is 7.63. The van der Waals surface area contributed by atoms with Crippen LogP contribution in [-0.4, -0.2) is 14.8 Å². The van der Waals surface area contributed by atoms with Crippen molar-refractivity contribution in [3.05, 3.63) is 40.2 Å². The highest BCUT2D eigenvalue weighted by molar-refractivity contribution is 7.71. The molecule has 0 aliphatic carbocycles. The van der Waals surface area contributed by atoms with Crippen molar-refractivity contribution in [2.24, 2.45) is 0 Å². The van der Waals surface area contributed by atoms with Gasteiger partial charge in [0.05, 0.1) is 17.3 Å². The third kappa shape index (κ3) is 1.61. The first-order valence-corrected chi connectivity index (χ1v) is 4.88. The zero-order valence-corrected chi connectivity index (χ0v) is 9.18. The molecule has 4 nitrogen and oxygen atoms in total. The van der Waals surface area contributed by atoms with Gasteiger partial charge < -0.3 is 0 Å². The van der Waals surface area contributed by atoms with Crippen LogP contribution >= 0.6 is 12.2 Å². The number of hydrogen-bond donors (Lipinski definition) is 1. The Kier molecular flexibility index (Phi) is 2.54. The zero-order chi connectivity index (χ0) is 11.7. The minimum atomic E-state index is -0.500. The van der Waals surface area contributed by atoms with E-state index in [1.54, 1.807) is 6.92 Å². The van der Waals surface area contributed by atoms with Gasteiger partial charge in [0.25, 0.3) is 0 Å². The lowest BCUT2D eigenvalue weighted by molar-refractivity contribution is 0.615. The average Bonchev–Trinajstić information content (AvgIpc) is 2.59. The van der Waals surface area contributed by atoms with Crippen molar-refractivity contribution >= 4 is 12.2 Å². The number of H-pyrrole nitrogens is 1. The molecule has 0 fully saturated rings. The minimum absolute atomic E-state index is 0.272. The van der Waals surface area contributed by atoms with Gasteiger partial charge in [0.2, 0.25) is 0 Å². The molecule has 1 aromatic carbocycles. The number of rotatable bonds is 1. The topological polar surface area (TPSA) is 57.4 Å². The van der Waals surface area contributed by atoms with Crippen LogP contribution in [0, 0.1) is 28.8 Å². The Balaban J connectivity index is 2.67. The number of benzene rings is 1. The summed E-state index contributed by atoms with van der Waals surface area (Å²) < 4.78 is 15.5. The molecule has 1 aromatic heterocycles. The summed E-state index contributed by atoms with van der Waals surface area (Å²) in [6.45, 7) is 1.71. The predicted molar refractivity (Wildman–Crippen MR) is 58.2 cm³/mol. The summed E-state index contributed by atoms with van der Waals surface area (Å²) in [5.74, 6) is 0.0632. The minimum Gasteiger partial charge on any atom is -0.269 e. The van der Waals surface area contributed by atoms with Gasteiger partial charge in [0, 0.05) is 0 Å². The molecule has 1 N–H and O–H groups in total. The Labute approximate surface area is 96.0 Å². The molecular weight excluding hydrogens is 227 g/mol. The van der Waals surface area contributed by atoms with Gasteiger partial charge in [0.15, 0.2) is 4.77 Å². The number of aromatic amines is 1. The van der Waals surface area contributed by atoms with Gasteiger partial charge >= 0.3 is 0 Å². The van der Waals surface area contributed by atoms with Crippen molar-refractivity contribution < 1.29 is 4.39 Å². The summed E-state index contributed by atoms with van der Waals surface area (Å²) in [5.41, 5.74) is 0.559. The number of hydrogen-bond acceptors (Lipinski definition) is 3. The Hall–Kier alpha value is -2.00. The zero-order valence-electron chi connectivity index (χ0n) is 8.36. The van der Waals surface area contributed by atoms with Gasteiger partial charge in [-0.25, -0.2) is 4.39 Å². The molecule has 0 atom stereocenters. The van der Waals surface area contributed by atoms with E-state index in [-0.39, 0.29) is 11.3 Å². The maximum atomic E-state index is 13.7. The van der Waals surface area contributed by atoms with Crippen LogP contribution < -0.4 is 0 Å². The van der Waals surface area contributed by atoms with Crippen molar-refractivity contribution in [1.29, 1.82) is 5.26 Å². The lowest BCUT2D eigenvalue weighted by atomic mass is 10.2. The summed E-state index contributed by atoms with van der Waals surface area (Å²) in [5, 5.41) is 15.1. The Morgan fingerprint density at radius 3 is 2.81 bits per heavy atom. The molecule has 0 unspecified atom stereocenters. The van der Waals surface area contributed by atoms with Gasteiger partial charge in [-0.05, 0) is 37.3 Å². The van der Waals surface area contributed by atoms with E-state index in [2.05, 4.69) is 10.2 Å². The summed E-state index contributed by atoms with van der Waals surface area (Å²) in [6.07, 6.45) is 0. The van der Waals surface area contributed by atoms with Gasteiger partial charge in [-0.15, -0.1) is 0 Å². The Morgan fingerprint density at radius 2 is 2.31 bits per heavy atom. The molecule has 0 spiro atoms. The monoisotopic (exact) mass is 234 g/mol. The van der Waals surface area contributed by atoms with Gasteiger partial charge in [-0.2, -0.15) is 10.4 Å². The second-order valence-corrected chi connectivity index (χ2v) is 3.58.